The highest BCUT2D eigenvalue weighted by Crippen LogP contribution is 2.16. The van der Waals surface area contributed by atoms with Gasteiger partial charge in [-0.3, -0.25) is 9.59 Å². The molecule has 0 bridgehead atoms. The van der Waals surface area contributed by atoms with Gasteiger partial charge in [0.2, 0.25) is 0 Å². The van der Waals surface area contributed by atoms with Gasteiger partial charge in [0.1, 0.15) is 0 Å². The van der Waals surface area contributed by atoms with E-state index in [0.29, 0.717) is 18.8 Å². The molecule has 0 aliphatic heterocycles. The Kier molecular flexibility index (Phi) is 6.90. The summed E-state index contributed by atoms with van der Waals surface area (Å²) in [7, 11) is 4.53. The van der Waals surface area contributed by atoms with E-state index >= 15 is 0 Å². The van der Waals surface area contributed by atoms with Gasteiger partial charge in [0.25, 0.3) is 0 Å². The first-order valence-electron chi connectivity index (χ1n) is 6.32. The number of ether oxygens (including phenoxy) is 3. The largest absolute Gasteiger partial charge is 0.469 e. The van der Waals surface area contributed by atoms with Crippen LogP contribution >= 0.6 is 0 Å². The van der Waals surface area contributed by atoms with Gasteiger partial charge in [-0.1, -0.05) is 12.1 Å². The minimum absolute atomic E-state index is 0.0864. The zero-order valence-corrected chi connectivity index (χ0v) is 12.1. The van der Waals surface area contributed by atoms with E-state index in [9.17, 15) is 9.59 Å². The predicted molar refractivity (Wildman–Crippen MR) is 73.4 cm³/mol. The Labute approximate surface area is 118 Å². The molecule has 0 saturated carbocycles. The summed E-state index contributed by atoms with van der Waals surface area (Å²) in [5.74, 6) is -0.469. The van der Waals surface area contributed by atoms with Crippen LogP contribution in [0.15, 0.2) is 18.2 Å². The molecule has 0 radical (unpaired) electrons. The van der Waals surface area contributed by atoms with Crippen molar-refractivity contribution in [3.8, 4) is 0 Å². The van der Waals surface area contributed by atoms with Gasteiger partial charge in [0, 0.05) is 26.2 Å². The molecule has 1 rings (SSSR count). The van der Waals surface area contributed by atoms with Crippen LogP contribution in [0.1, 0.15) is 34.3 Å². The number of benzene rings is 1. The summed E-state index contributed by atoms with van der Waals surface area (Å²) < 4.78 is 14.8. The minimum Gasteiger partial charge on any atom is -0.469 e. The van der Waals surface area contributed by atoms with E-state index in [4.69, 9.17) is 9.47 Å². The van der Waals surface area contributed by atoms with Gasteiger partial charge in [0.15, 0.2) is 5.78 Å². The van der Waals surface area contributed by atoms with Crippen LogP contribution in [0.2, 0.25) is 0 Å². The van der Waals surface area contributed by atoms with Crippen molar-refractivity contribution in [1.29, 1.82) is 0 Å². The van der Waals surface area contributed by atoms with Gasteiger partial charge < -0.3 is 14.2 Å². The molecule has 0 aliphatic carbocycles. The number of esters is 1. The van der Waals surface area contributed by atoms with Crippen molar-refractivity contribution in [1.82, 2.24) is 0 Å². The first kappa shape index (κ1) is 16.3. The molecular formula is C15H20O5. The summed E-state index contributed by atoms with van der Waals surface area (Å²) in [5, 5.41) is 0. The second-order valence-electron chi connectivity index (χ2n) is 4.35. The van der Waals surface area contributed by atoms with Crippen LogP contribution in [0.4, 0.5) is 0 Å². The Balaban J connectivity index is 2.82. The van der Waals surface area contributed by atoms with E-state index in [1.165, 1.54) is 7.11 Å². The second kappa shape index (κ2) is 8.45. The Morgan fingerprint density at radius 2 is 1.60 bits per heavy atom. The highest BCUT2D eigenvalue weighted by Gasteiger charge is 2.12. The molecule has 5 heteroatoms. The molecule has 0 aliphatic rings. The molecule has 0 N–H and O–H groups in total. The molecule has 0 fully saturated rings. The molecule has 110 valence electrons. The topological polar surface area (TPSA) is 61.8 Å². The zero-order chi connectivity index (χ0) is 15.0. The van der Waals surface area contributed by atoms with E-state index in [1.807, 2.05) is 6.07 Å². The van der Waals surface area contributed by atoms with Crippen LogP contribution in [0.5, 0.6) is 0 Å². The number of hydrogen-bond donors (Lipinski definition) is 0. The van der Waals surface area contributed by atoms with Gasteiger partial charge in [0.05, 0.1) is 26.7 Å². The third-order valence-corrected chi connectivity index (χ3v) is 2.91. The van der Waals surface area contributed by atoms with E-state index < -0.39 is 0 Å². The zero-order valence-electron chi connectivity index (χ0n) is 12.1. The van der Waals surface area contributed by atoms with Crippen molar-refractivity contribution in [2.24, 2.45) is 0 Å². The minimum atomic E-state index is -0.383. The van der Waals surface area contributed by atoms with E-state index in [2.05, 4.69) is 4.74 Å². The lowest BCUT2D eigenvalue weighted by molar-refractivity contribution is -0.140. The Morgan fingerprint density at radius 3 is 2.20 bits per heavy atom. The monoisotopic (exact) mass is 280 g/mol. The SMILES string of the molecule is COCc1ccc(C(=O)CCC(=O)OC)cc1COC. The fraction of sp³-hybridized carbons (Fsp3) is 0.467. The molecule has 0 spiro atoms. The Hall–Kier alpha value is -1.72. The number of rotatable bonds is 8. The number of hydrogen-bond acceptors (Lipinski definition) is 5. The summed E-state index contributed by atoms with van der Waals surface area (Å²) in [5.41, 5.74) is 2.47. The maximum Gasteiger partial charge on any atom is 0.305 e. The quantitative estimate of drug-likeness (QED) is 0.539. The van der Waals surface area contributed by atoms with Gasteiger partial charge in [-0.2, -0.15) is 0 Å². The van der Waals surface area contributed by atoms with Crippen LogP contribution in [0.3, 0.4) is 0 Å². The van der Waals surface area contributed by atoms with E-state index in [-0.39, 0.29) is 24.6 Å². The molecule has 0 heterocycles. The summed E-state index contributed by atoms with van der Waals surface area (Å²) >= 11 is 0. The molecule has 0 aromatic heterocycles. The Bertz CT molecular complexity index is 467. The average Bonchev–Trinajstić information content (AvgIpc) is 2.46. The smallest absolute Gasteiger partial charge is 0.305 e. The van der Waals surface area contributed by atoms with Gasteiger partial charge in [-0.15, -0.1) is 0 Å². The highest BCUT2D eigenvalue weighted by molar-refractivity contribution is 5.97. The van der Waals surface area contributed by atoms with Crippen LogP contribution in [0.25, 0.3) is 0 Å². The molecule has 0 unspecified atom stereocenters. The van der Waals surface area contributed by atoms with Gasteiger partial charge in [-0.05, 0) is 17.2 Å². The van der Waals surface area contributed by atoms with Crippen molar-refractivity contribution < 1.29 is 23.8 Å². The van der Waals surface area contributed by atoms with Crippen molar-refractivity contribution in [2.45, 2.75) is 26.1 Å². The van der Waals surface area contributed by atoms with Crippen molar-refractivity contribution in [3.63, 3.8) is 0 Å². The molecule has 0 amide bonds. The van der Waals surface area contributed by atoms with Crippen LogP contribution < -0.4 is 0 Å². The summed E-state index contributed by atoms with van der Waals surface area (Å²) in [4.78, 5) is 23.1. The molecule has 1 aromatic carbocycles. The first-order valence-corrected chi connectivity index (χ1v) is 6.32. The molecule has 1 aromatic rings. The normalized spacial score (nSPS) is 10.3. The molecule has 0 atom stereocenters. The average molecular weight is 280 g/mol. The van der Waals surface area contributed by atoms with Crippen molar-refractivity contribution >= 4 is 11.8 Å². The van der Waals surface area contributed by atoms with E-state index in [0.717, 1.165) is 11.1 Å². The fourth-order valence-electron chi connectivity index (χ4n) is 1.85. The number of carbonyl (C=O) groups excluding carboxylic acids is 2. The number of carbonyl (C=O) groups is 2. The summed E-state index contributed by atoms with van der Waals surface area (Å²) in [6, 6.07) is 5.38. The number of methoxy groups -OCH3 is 3. The van der Waals surface area contributed by atoms with Crippen molar-refractivity contribution in [3.05, 3.63) is 34.9 Å². The van der Waals surface area contributed by atoms with E-state index in [1.54, 1.807) is 26.4 Å². The maximum absolute atomic E-state index is 12.0. The van der Waals surface area contributed by atoms with Crippen LogP contribution in [-0.4, -0.2) is 33.1 Å². The second-order valence-corrected chi connectivity index (χ2v) is 4.35. The number of Topliss-reactive ketones (excluding diaryl/α,β-unsaturated/α-hetero) is 1. The summed E-state index contributed by atoms with van der Waals surface area (Å²) in [6.45, 7) is 0.881. The third-order valence-electron chi connectivity index (χ3n) is 2.91. The maximum atomic E-state index is 12.0. The fourth-order valence-corrected chi connectivity index (χ4v) is 1.85. The lowest BCUT2D eigenvalue weighted by Gasteiger charge is -2.10. The molecule has 20 heavy (non-hydrogen) atoms. The third kappa shape index (κ3) is 4.75. The molecule has 5 nitrogen and oxygen atoms in total. The van der Waals surface area contributed by atoms with Crippen molar-refractivity contribution in [2.75, 3.05) is 21.3 Å². The lowest BCUT2D eigenvalue weighted by Crippen LogP contribution is -2.07. The first-order chi connectivity index (χ1) is 9.62. The Morgan fingerprint density at radius 1 is 0.950 bits per heavy atom. The highest BCUT2D eigenvalue weighted by atomic mass is 16.5. The van der Waals surface area contributed by atoms with Crippen LogP contribution in [-0.2, 0) is 32.2 Å². The molecular weight excluding hydrogens is 260 g/mol. The summed E-state index contributed by atoms with van der Waals surface area (Å²) in [6.07, 6.45) is 0.234. The lowest BCUT2D eigenvalue weighted by atomic mass is 10.0. The number of ketones is 1. The predicted octanol–water partition coefficient (Wildman–Crippen LogP) is 2.12. The standard InChI is InChI=1S/C15H20O5/c1-18-9-12-5-4-11(8-13(12)10-19-2)14(16)6-7-15(17)20-3/h4-5,8H,6-7,9-10H2,1-3H3. The van der Waals surface area contributed by atoms with Crippen LogP contribution in [0, 0.1) is 0 Å². The van der Waals surface area contributed by atoms with Gasteiger partial charge >= 0.3 is 5.97 Å². The van der Waals surface area contributed by atoms with Gasteiger partial charge in [-0.25, -0.2) is 0 Å². The molecule has 0 saturated heterocycles.